The van der Waals surface area contributed by atoms with Gasteiger partial charge in [-0.2, -0.15) is 0 Å². The van der Waals surface area contributed by atoms with Crippen LogP contribution >= 0.6 is 27.5 Å². The van der Waals surface area contributed by atoms with Crippen molar-refractivity contribution in [2.75, 3.05) is 13.1 Å². The number of hydrogen-bond acceptors (Lipinski definition) is 1. The van der Waals surface area contributed by atoms with Crippen LogP contribution in [0.5, 0.6) is 0 Å². The number of rotatable bonds is 1. The van der Waals surface area contributed by atoms with Crippen molar-refractivity contribution in [3.63, 3.8) is 0 Å². The smallest absolute Gasteiger partial charge is 0.0536 e. The molecule has 1 atom stereocenters. The fraction of sp³-hybridized carbons (Fsp3) is 0.429. The zero-order valence-corrected chi connectivity index (χ0v) is 12.9. The number of aryl methyl sites for hydroxylation is 2. The summed E-state index contributed by atoms with van der Waals surface area (Å²) in [5.74, 6) is 0.593. The molecule has 0 radical (unpaired) electrons. The molecule has 1 aromatic heterocycles. The van der Waals surface area contributed by atoms with Crippen LogP contribution in [0.15, 0.2) is 16.6 Å². The summed E-state index contributed by atoms with van der Waals surface area (Å²) in [5, 5.41) is 5.54. The van der Waals surface area contributed by atoms with Crippen molar-refractivity contribution in [1.29, 1.82) is 0 Å². The van der Waals surface area contributed by atoms with Gasteiger partial charge in [0.2, 0.25) is 0 Å². The molecule has 3 rings (SSSR count). The van der Waals surface area contributed by atoms with E-state index >= 15 is 0 Å². The van der Waals surface area contributed by atoms with Crippen molar-refractivity contribution in [3.05, 3.63) is 32.9 Å². The number of nitrogens with zero attached hydrogens (tertiary/aromatic N) is 1. The monoisotopic (exact) mass is 326 g/mol. The van der Waals surface area contributed by atoms with E-state index in [0.717, 1.165) is 23.7 Å². The van der Waals surface area contributed by atoms with Gasteiger partial charge in [-0.3, -0.25) is 0 Å². The molecule has 1 aliphatic heterocycles. The Balaban J connectivity index is 2.30. The lowest BCUT2D eigenvalue weighted by molar-refractivity contribution is 0.690. The molecule has 1 aromatic carbocycles. The lowest BCUT2D eigenvalue weighted by atomic mass is 10.0. The number of fused-ring (bicyclic) bond motifs is 1. The lowest BCUT2D eigenvalue weighted by Crippen LogP contribution is -2.10. The molecule has 0 aliphatic carbocycles. The average molecular weight is 328 g/mol. The highest BCUT2D eigenvalue weighted by Crippen LogP contribution is 2.39. The second-order valence-corrected chi connectivity index (χ2v) is 6.22. The van der Waals surface area contributed by atoms with E-state index in [1.807, 2.05) is 6.07 Å². The Kier molecular flexibility index (Phi) is 3.16. The largest absolute Gasteiger partial charge is 0.346 e. The first-order valence-corrected chi connectivity index (χ1v) is 7.42. The van der Waals surface area contributed by atoms with Crippen molar-refractivity contribution < 1.29 is 0 Å². The van der Waals surface area contributed by atoms with Gasteiger partial charge in [-0.05, 0) is 47.4 Å². The second kappa shape index (κ2) is 4.55. The fourth-order valence-corrected chi connectivity index (χ4v) is 4.09. The summed E-state index contributed by atoms with van der Waals surface area (Å²) >= 11 is 10.0. The topological polar surface area (TPSA) is 17.0 Å². The van der Waals surface area contributed by atoms with Gasteiger partial charge in [-0.1, -0.05) is 17.7 Å². The molecule has 1 unspecified atom stereocenters. The van der Waals surface area contributed by atoms with E-state index in [-0.39, 0.29) is 0 Å². The van der Waals surface area contributed by atoms with Crippen LogP contribution in [0.4, 0.5) is 0 Å². The molecule has 1 aliphatic rings. The van der Waals surface area contributed by atoms with Crippen LogP contribution in [0.1, 0.15) is 23.6 Å². The zero-order chi connectivity index (χ0) is 12.9. The normalized spacial score (nSPS) is 19.9. The third kappa shape index (κ3) is 1.72. The molecule has 18 heavy (non-hydrogen) atoms. The van der Waals surface area contributed by atoms with E-state index < -0.39 is 0 Å². The predicted octanol–water partition coefficient (Wildman–Crippen LogP) is 3.98. The standard InChI is InChI=1S/C14H16BrClN2/c1-8-11(16)4-3-10-12(15)14(18(2)13(8)10)9-5-6-17-7-9/h3-4,9,17H,5-7H2,1-2H3. The van der Waals surface area contributed by atoms with Gasteiger partial charge in [0.15, 0.2) is 0 Å². The number of halogens is 2. The van der Waals surface area contributed by atoms with E-state index in [1.165, 1.54) is 27.5 Å². The van der Waals surface area contributed by atoms with Crippen molar-refractivity contribution in [3.8, 4) is 0 Å². The Hall–Kier alpha value is -0.510. The SMILES string of the molecule is Cc1c(Cl)ccc2c(Br)c(C3CCNC3)n(C)c12. The molecule has 96 valence electrons. The van der Waals surface area contributed by atoms with E-state index in [2.05, 4.69) is 45.9 Å². The van der Waals surface area contributed by atoms with Crippen molar-refractivity contribution in [1.82, 2.24) is 9.88 Å². The highest BCUT2D eigenvalue weighted by molar-refractivity contribution is 9.10. The molecule has 0 amide bonds. The first kappa shape index (κ1) is 12.5. The first-order valence-electron chi connectivity index (χ1n) is 6.25. The molecule has 1 N–H and O–H groups in total. The van der Waals surface area contributed by atoms with Crippen LogP contribution < -0.4 is 5.32 Å². The van der Waals surface area contributed by atoms with E-state index in [9.17, 15) is 0 Å². The molecule has 2 aromatic rings. The second-order valence-electron chi connectivity index (χ2n) is 5.02. The third-order valence-corrected chi connectivity index (χ3v) is 5.21. The molecule has 1 fully saturated rings. The summed E-state index contributed by atoms with van der Waals surface area (Å²) in [4.78, 5) is 0. The van der Waals surface area contributed by atoms with Crippen LogP contribution in [0, 0.1) is 6.92 Å². The maximum Gasteiger partial charge on any atom is 0.0536 e. The number of aromatic nitrogens is 1. The molecular formula is C14H16BrClN2. The Bertz CT molecular complexity index is 612. The number of benzene rings is 1. The molecule has 1 saturated heterocycles. The van der Waals surface area contributed by atoms with Gasteiger partial charge in [0.05, 0.1) is 5.52 Å². The summed E-state index contributed by atoms with van der Waals surface area (Å²) in [5.41, 5.74) is 3.80. The minimum atomic E-state index is 0.593. The molecule has 2 nitrogen and oxygen atoms in total. The van der Waals surface area contributed by atoms with E-state index in [0.29, 0.717) is 5.92 Å². The van der Waals surface area contributed by atoms with E-state index in [4.69, 9.17) is 11.6 Å². The van der Waals surface area contributed by atoms with Crippen LogP contribution in [0.25, 0.3) is 10.9 Å². The van der Waals surface area contributed by atoms with Crippen LogP contribution in [0.2, 0.25) is 5.02 Å². The minimum absolute atomic E-state index is 0.593. The van der Waals surface area contributed by atoms with Gasteiger partial charge in [0, 0.05) is 40.1 Å². The quantitative estimate of drug-likeness (QED) is 0.838. The van der Waals surface area contributed by atoms with Crippen LogP contribution in [-0.4, -0.2) is 17.7 Å². The Morgan fingerprint density at radius 1 is 1.44 bits per heavy atom. The van der Waals surface area contributed by atoms with Gasteiger partial charge >= 0.3 is 0 Å². The average Bonchev–Trinajstić information content (AvgIpc) is 2.92. The number of hydrogen-bond donors (Lipinski definition) is 1. The zero-order valence-electron chi connectivity index (χ0n) is 10.6. The highest BCUT2D eigenvalue weighted by Gasteiger charge is 2.25. The van der Waals surface area contributed by atoms with Crippen molar-refractivity contribution in [2.24, 2.45) is 7.05 Å². The number of nitrogens with one attached hydrogen (secondary N) is 1. The van der Waals surface area contributed by atoms with Crippen LogP contribution in [-0.2, 0) is 7.05 Å². The van der Waals surface area contributed by atoms with Crippen molar-refractivity contribution in [2.45, 2.75) is 19.3 Å². The predicted molar refractivity (Wildman–Crippen MR) is 80.6 cm³/mol. The maximum atomic E-state index is 6.24. The highest BCUT2D eigenvalue weighted by atomic mass is 79.9. The molecule has 0 bridgehead atoms. The molecule has 2 heterocycles. The summed E-state index contributed by atoms with van der Waals surface area (Å²) < 4.78 is 3.53. The summed E-state index contributed by atoms with van der Waals surface area (Å²) in [6.45, 7) is 4.27. The van der Waals surface area contributed by atoms with E-state index in [1.54, 1.807) is 0 Å². The van der Waals surface area contributed by atoms with Gasteiger partial charge < -0.3 is 9.88 Å². The summed E-state index contributed by atoms with van der Waals surface area (Å²) in [6, 6.07) is 4.10. The summed E-state index contributed by atoms with van der Waals surface area (Å²) in [7, 11) is 2.14. The van der Waals surface area contributed by atoms with Gasteiger partial charge in [0.1, 0.15) is 0 Å². The Morgan fingerprint density at radius 3 is 2.89 bits per heavy atom. The maximum absolute atomic E-state index is 6.24. The van der Waals surface area contributed by atoms with Gasteiger partial charge in [-0.25, -0.2) is 0 Å². The Labute approximate surface area is 120 Å². The molecule has 0 saturated carbocycles. The minimum Gasteiger partial charge on any atom is -0.346 e. The van der Waals surface area contributed by atoms with Gasteiger partial charge in [0.25, 0.3) is 0 Å². The van der Waals surface area contributed by atoms with Gasteiger partial charge in [-0.15, -0.1) is 0 Å². The first-order chi connectivity index (χ1) is 8.61. The lowest BCUT2D eigenvalue weighted by Gasteiger charge is -2.12. The fourth-order valence-electron chi connectivity index (χ4n) is 3.03. The molecule has 4 heteroatoms. The molecule has 0 spiro atoms. The van der Waals surface area contributed by atoms with Crippen molar-refractivity contribution >= 4 is 38.4 Å². The summed E-state index contributed by atoms with van der Waals surface area (Å²) in [6.07, 6.45) is 1.20. The molecular weight excluding hydrogens is 312 g/mol. The van der Waals surface area contributed by atoms with Crippen LogP contribution in [0.3, 0.4) is 0 Å². The Morgan fingerprint density at radius 2 is 2.22 bits per heavy atom. The third-order valence-electron chi connectivity index (χ3n) is 3.97.